The number of para-hydroxylation sites is 2. The van der Waals surface area contributed by atoms with E-state index in [0.717, 1.165) is 0 Å². The maximum absolute atomic E-state index is 12.0. The van der Waals surface area contributed by atoms with Crippen molar-refractivity contribution < 1.29 is 19.4 Å². The fourth-order valence-corrected chi connectivity index (χ4v) is 1.90. The first-order chi connectivity index (χ1) is 9.49. The summed E-state index contributed by atoms with van der Waals surface area (Å²) in [6.07, 6.45) is 0.607. The molecule has 0 unspecified atom stereocenters. The second-order valence-corrected chi connectivity index (χ2v) is 4.37. The number of carboxylic acid groups (broad SMARTS) is 1. The Bertz CT molecular complexity index is 484. The van der Waals surface area contributed by atoms with Gasteiger partial charge in [0.15, 0.2) is 0 Å². The zero-order chi connectivity index (χ0) is 15.2. The molecule has 1 aromatic carbocycles. The highest BCUT2D eigenvalue weighted by Gasteiger charge is 2.36. The summed E-state index contributed by atoms with van der Waals surface area (Å²) in [5, 5.41) is 14.4. The van der Waals surface area contributed by atoms with Gasteiger partial charge in [0, 0.05) is 0 Å². The van der Waals surface area contributed by atoms with E-state index in [1.165, 1.54) is 7.11 Å². The second kappa shape index (κ2) is 6.79. The van der Waals surface area contributed by atoms with Crippen LogP contribution in [-0.4, -0.2) is 29.8 Å². The molecule has 0 spiro atoms. The fourth-order valence-electron chi connectivity index (χ4n) is 1.90. The zero-order valence-corrected chi connectivity index (χ0v) is 11.9. The monoisotopic (exact) mass is 280 g/mol. The molecule has 3 N–H and O–H groups in total. The Morgan fingerprint density at radius 2 is 1.85 bits per heavy atom. The molecule has 0 radical (unpaired) electrons. The molecule has 0 aliphatic carbocycles. The molecule has 110 valence electrons. The highest BCUT2D eigenvalue weighted by Crippen LogP contribution is 2.23. The Morgan fingerprint density at radius 3 is 2.35 bits per heavy atom. The molecule has 0 aliphatic heterocycles. The van der Waals surface area contributed by atoms with Crippen molar-refractivity contribution in [2.75, 3.05) is 12.4 Å². The summed E-state index contributed by atoms with van der Waals surface area (Å²) in [5.74, 6) is -0.533. The maximum atomic E-state index is 12.0. The standard InChI is InChI=1S/C14H20N2O4/c1-4-14(5-2,12(17)18)16-13(19)15-10-8-6-7-9-11(10)20-3/h6-9H,4-5H2,1-3H3,(H,17,18)(H2,15,16,19). The quantitative estimate of drug-likeness (QED) is 0.747. The van der Waals surface area contributed by atoms with Gasteiger partial charge < -0.3 is 20.5 Å². The van der Waals surface area contributed by atoms with Gasteiger partial charge in [-0.3, -0.25) is 0 Å². The number of rotatable bonds is 6. The summed E-state index contributed by atoms with van der Waals surface area (Å²) in [7, 11) is 1.50. The van der Waals surface area contributed by atoms with E-state index < -0.39 is 17.5 Å². The van der Waals surface area contributed by atoms with Crippen LogP contribution in [0.1, 0.15) is 26.7 Å². The average molecular weight is 280 g/mol. The lowest BCUT2D eigenvalue weighted by Crippen LogP contribution is -2.54. The van der Waals surface area contributed by atoms with Gasteiger partial charge in [-0.1, -0.05) is 26.0 Å². The summed E-state index contributed by atoms with van der Waals surface area (Å²) in [6.45, 7) is 3.45. The van der Waals surface area contributed by atoms with Crippen molar-refractivity contribution in [3.05, 3.63) is 24.3 Å². The number of carbonyl (C=O) groups is 2. The minimum absolute atomic E-state index is 0.304. The number of hydrogen-bond acceptors (Lipinski definition) is 3. The third-order valence-electron chi connectivity index (χ3n) is 3.32. The molecular weight excluding hydrogens is 260 g/mol. The van der Waals surface area contributed by atoms with Crippen LogP contribution in [0.2, 0.25) is 0 Å². The van der Waals surface area contributed by atoms with E-state index in [9.17, 15) is 14.7 Å². The number of amides is 2. The molecule has 0 saturated heterocycles. The Kier molecular flexibility index (Phi) is 5.37. The SMILES string of the molecule is CCC(CC)(NC(=O)Nc1ccccc1OC)C(=O)O. The van der Waals surface area contributed by atoms with Crippen LogP contribution in [-0.2, 0) is 4.79 Å². The van der Waals surface area contributed by atoms with Gasteiger partial charge in [0.25, 0.3) is 0 Å². The van der Waals surface area contributed by atoms with Gasteiger partial charge in [0.05, 0.1) is 12.8 Å². The summed E-state index contributed by atoms with van der Waals surface area (Å²) in [6, 6.07) is 6.35. The molecule has 6 nitrogen and oxygen atoms in total. The topological polar surface area (TPSA) is 87.7 Å². The molecule has 6 heteroatoms. The lowest BCUT2D eigenvalue weighted by Gasteiger charge is -2.28. The van der Waals surface area contributed by atoms with Crippen molar-refractivity contribution in [2.45, 2.75) is 32.2 Å². The fraction of sp³-hybridized carbons (Fsp3) is 0.429. The minimum atomic E-state index is -1.26. The molecule has 1 rings (SSSR count). The molecule has 0 aromatic heterocycles. The minimum Gasteiger partial charge on any atom is -0.495 e. The van der Waals surface area contributed by atoms with Crippen molar-refractivity contribution >= 4 is 17.7 Å². The van der Waals surface area contributed by atoms with Crippen LogP contribution in [0.15, 0.2) is 24.3 Å². The van der Waals surface area contributed by atoms with Gasteiger partial charge in [-0.2, -0.15) is 0 Å². The molecule has 20 heavy (non-hydrogen) atoms. The number of carboxylic acids is 1. The van der Waals surface area contributed by atoms with E-state index in [2.05, 4.69) is 10.6 Å². The van der Waals surface area contributed by atoms with Crippen LogP contribution in [0.25, 0.3) is 0 Å². The Hall–Kier alpha value is -2.24. The van der Waals surface area contributed by atoms with Crippen LogP contribution < -0.4 is 15.4 Å². The van der Waals surface area contributed by atoms with E-state index in [1.807, 2.05) is 0 Å². The third-order valence-corrected chi connectivity index (χ3v) is 3.32. The molecule has 0 heterocycles. The van der Waals surface area contributed by atoms with Crippen molar-refractivity contribution in [1.29, 1.82) is 0 Å². The van der Waals surface area contributed by atoms with Gasteiger partial charge in [-0.05, 0) is 25.0 Å². The zero-order valence-electron chi connectivity index (χ0n) is 11.9. The van der Waals surface area contributed by atoms with Gasteiger partial charge in [0.2, 0.25) is 0 Å². The molecule has 2 amide bonds. The number of anilines is 1. The highest BCUT2D eigenvalue weighted by atomic mass is 16.5. The van der Waals surface area contributed by atoms with Crippen LogP contribution in [0.3, 0.4) is 0 Å². The highest BCUT2D eigenvalue weighted by molar-refractivity contribution is 5.94. The molecule has 0 saturated carbocycles. The number of carbonyl (C=O) groups excluding carboxylic acids is 1. The summed E-state index contributed by atoms with van der Waals surface area (Å²) in [4.78, 5) is 23.3. The van der Waals surface area contributed by atoms with Crippen LogP contribution in [0.4, 0.5) is 10.5 Å². The van der Waals surface area contributed by atoms with Crippen molar-refractivity contribution in [1.82, 2.24) is 5.32 Å². The summed E-state index contributed by atoms with van der Waals surface area (Å²) < 4.78 is 5.12. The second-order valence-electron chi connectivity index (χ2n) is 4.37. The first-order valence-electron chi connectivity index (χ1n) is 6.44. The third kappa shape index (κ3) is 3.40. The normalized spacial score (nSPS) is 10.8. The lowest BCUT2D eigenvalue weighted by atomic mass is 9.93. The van der Waals surface area contributed by atoms with Crippen LogP contribution in [0.5, 0.6) is 5.75 Å². The summed E-state index contributed by atoms with van der Waals surface area (Å²) >= 11 is 0. The first kappa shape index (κ1) is 15.8. The molecular formula is C14H20N2O4. The predicted octanol–water partition coefficient (Wildman–Crippen LogP) is 2.46. The van der Waals surface area contributed by atoms with Gasteiger partial charge in [0.1, 0.15) is 11.3 Å². The predicted molar refractivity (Wildman–Crippen MR) is 76.1 cm³/mol. The average Bonchev–Trinajstić information content (AvgIpc) is 2.45. The van der Waals surface area contributed by atoms with Crippen LogP contribution in [0, 0.1) is 0 Å². The van der Waals surface area contributed by atoms with Crippen molar-refractivity contribution in [2.24, 2.45) is 0 Å². The van der Waals surface area contributed by atoms with Crippen molar-refractivity contribution in [3.63, 3.8) is 0 Å². The number of aliphatic carboxylic acids is 1. The Morgan fingerprint density at radius 1 is 1.25 bits per heavy atom. The largest absolute Gasteiger partial charge is 0.495 e. The van der Waals surface area contributed by atoms with E-state index >= 15 is 0 Å². The van der Waals surface area contributed by atoms with Gasteiger partial charge in [-0.15, -0.1) is 0 Å². The van der Waals surface area contributed by atoms with E-state index in [0.29, 0.717) is 24.3 Å². The summed E-state index contributed by atoms with van der Waals surface area (Å²) in [5.41, 5.74) is -0.773. The van der Waals surface area contributed by atoms with E-state index in [4.69, 9.17) is 4.74 Å². The van der Waals surface area contributed by atoms with Gasteiger partial charge >= 0.3 is 12.0 Å². The van der Waals surface area contributed by atoms with Crippen LogP contribution >= 0.6 is 0 Å². The molecule has 1 aromatic rings. The van der Waals surface area contributed by atoms with Crippen molar-refractivity contribution in [3.8, 4) is 5.75 Å². The number of methoxy groups -OCH3 is 1. The molecule has 0 bridgehead atoms. The number of hydrogen-bond donors (Lipinski definition) is 3. The number of benzene rings is 1. The van der Waals surface area contributed by atoms with Gasteiger partial charge in [-0.25, -0.2) is 9.59 Å². The number of nitrogens with one attached hydrogen (secondary N) is 2. The lowest BCUT2D eigenvalue weighted by molar-refractivity contribution is -0.144. The molecule has 0 aliphatic rings. The van der Waals surface area contributed by atoms with E-state index in [-0.39, 0.29) is 0 Å². The Labute approximate surface area is 118 Å². The number of ether oxygens (including phenoxy) is 1. The molecule has 0 fully saturated rings. The van der Waals surface area contributed by atoms with E-state index in [1.54, 1.807) is 38.1 Å². The number of urea groups is 1. The first-order valence-corrected chi connectivity index (χ1v) is 6.44. The maximum Gasteiger partial charge on any atom is 0.329 e. The smallest absolute Gasteiger partial charge is 0.329 e. The molecule has 0 atom stereocenters. The Balaban J connectivity index is 2.84.